The maximum atomic E-state index is 14.2. The van der Waals surface area contributed by atoms with Gasteiger partial charge in [0, 0.05) is 38.0 Å². The number of anilines is 1. The number of amides is 4. The first-order valence-corrected chi connectivity index (χ1v) is 13.3. The van der Waals surface area contributed by atoms with Crippen LogP contribution in [0.2, 0.25) is 0 Å². The zero-order valence-corrected chi connectivity index (χ0v) is 22.9. The maximum absolute atomic E-state index is 14.2. The summed E-state index contributed by atoms with van der Waals surface area (Å²) in [7, 11) is 2.48. The predicted octanol–water partition coefficient (Wildman–Crippen LogP) is 2.69. The van der Waals surface area contributed by atoms with Crippen molar-refractivity contribution in [1.82, 2.24) is 20.9 Å². The van der Waals surface area contributed by atoms with Crippen LogP contribution in [0.5, 0.6) is 0 Å². The molecule has 1 saturated heterocycles. The number of para-hydroxylation sites is 1. The van der Waals surface area contributed by atoms with E-state index in [0.717, 1.165) is 54.8 Å². The summed E-state index contributed by atoms with van der Waals surface area (Å²) in [5, 5.41) is 9.57. The summed E-state index contributed by atoms with van der Waals surface area (Å²) in [5.74, 6) is -4.42. The Balaban J connectivity index is 1.46. The molecule has 2 aromatic carbocycles. The van der Waals surface area contributed by atoms with Crippen molar-refractivity contribution < 1.29 is 32.6 Å². The Morgan fingerprint density at radius 3 is 2.63 bits per heavy atom. The number of nitrogen functional groups attached to an aromatic ring is 1. The fourth-order valence-electron chi connectivity index (χ4n) is 5.31. The summed E-state index contributed by atoms with van der Waals surface area (Å²) in [4.78, 5) is 43.8. The quantitative estimate of drug-likeness (QED) is 0.204. The van der Waals surface area contributed by atoms with E-state index in [0.29, 0.717) is 6.54 Å². The highest BCUT2D eigenvalue weighted by molar-refractivity contribution is 6.12. The van der Waals surface area contributed by atoms with Gasteiger partial charge in [0.15, 0.2) is 11.6 Å². The van der Waals surface area contributed by atoms with Gasteiger partial charge in [-0.15, -0.1) is 0 Å². The lowest BCUT2D eigenvalue weighted by Crippen LogP contribution is -2.54. The van der Waals surface area contributed by atoms with E-state index >= 15 is 0 Å². The third-order valence-corrected chi connectivity index (χ3v) is 7.26. The molecule has 13 heteroatoms. The van der Waals surface area contributed by atoms with E-state index in [1.54, 1.807) is 0 Å². The number of aliphatic imine (C=N–C) groups is 1. The molecule has 0 aliphatic carbocycles. The van der Waals surface area contributed by atoms with Crippen molar-refractivity contribution in [2.24, 2.45) is 10.9 Å². The molecule has 0 aromatic heterocycles. The molecule has 41 heavy (non-hydrogen) atoms. The number of methoxy groups -OCH3 is 2. The minimum atomic E-state index is -1.35. The molecule has 3 unspecified atom stereocenters. The number of nitrogens with zero attached hydrogens (tertiary/aromatic N) is 2. The monoisotopic (exact) mass is 572 g/mol. The van der Waals surface area contributed by atoms with Crippen molar-refractivity contribution in [2.75, 3.05) is 46.2 Å². The van der Waals surface area contributed by atoms with E-state index in [1.807, 2.05) is 24.3 Å². The maximum Gasteiger partial charge on any atom is 0.352 e. The highest BCUT2D eigenvalue weighted by Gasteiger charge is 2.47. The summed E-state index contributed by atoms with van der Waals surface area (Å²) < 4.78 is 38.0. The van der Waals surface area contributed by atoms with Gasteiger partial charge in [-0.1, -0.05) is 24.3 Å². The number of benzene rings is 2. The molecule has 0 spiro atoms. The first kappa shape index (κ1) is 30.0. The van der Waals surface area contributed by atoms with Crippen molar-refractivity contribution in [3.8, 4) is 0 Å². The Morgan fingerprint density at radius 2 is 1.93 bits per heavy atom. The van der Waals surface area contributed by atoms with Crippen LogP contribution in [0.15, 0.2) is 47.5 Å². The van der Waals surface area contributed by atoms with E-state index in [2.05, 4.69) is 20.9 Å². The van der Waals surface area contributed by atoms with Crippen molar-refractivity contribution in [3.05, 3.63) is 65.2 Å². The summed E-state index contributed by atoms with van der Waals surface area (Å²) in [6.45, 7) is 1.12. The first-order valence-electron chi connectivity index (χ1n) is 13.3. The summed E-state index contributed by atoms with van der Waals surface area (Å²) in [6, 6.07) is 7.70. The molecule has 5 N–H and O–H groups in total. The second kappa shape index (κ2) is 13.6. The number of piperidine rings is 1. The van der Waals surface area contributed by atoms with Crippen LogP contribution in [0.3, 0.4) is 0 Å². The number of esters is 1. The van der Waals surface area contributed by atoms with Crippen molar-refractivity contribution >= 4 is 29.4 Å². The Bertz CT molecular complexity index is 1310. The Labute approximate surface area is 236 Å². The van der Waals surface area contributed by atoms with Crippen LogP contribution in [0.1, 0.15) is 36.1 Å². The second-order valence-corrected chi connectivity index (χ2v) is 9.85. The van der Waals surface area contributed by atoms with E-state index in [1.165, 1.54) is 13.2 Å². The highest BCUT2D eigenvalue weighted by Crippen LogP contribution is 2.36. The minimum Gasteiger partial charge on any atom is -0.468 e. The second-order valence-electron chi connectivity index (χ2n) is 9.85. The van der Waals surface area contributed by atoms with E-state index in [4.69, 9.17) is 15.2 Å². The largest absolute Gasteiger partial charge is 0.468 e. The van der Waals surface area contributed by atoms with Crippen molar-refractivity contribution in [3.63, 3.8) is 0 Å². The molecule has 0 bridgehead atoms. The molecule has 1 fully saturated rings. The number of halogens is 2. The highest BCUT2D eigenvalue weighted by atomic mass is 19.2. The average molecular weight is 573 g/mol. The first-order chi connectivity index (χ1) is 19.7. The normalized spacial score (nSPS) is 22.7. The molecule has 2 heterocycles. The number of imide groups is 1. The van der Waals surface area contributed by atoms with Crippen LogP contribution in [0.4, 0.5) is 24.1 Å². The van der Waals surface area contributed by atoms with Gasteiger partial charge in [-0.25, -0.2) is 23.3 Å². The van der Waals surface area contributed by atoms with Gasteiger partial charge in [0.05, 0.1) is 25.5 Å². The van der Waals surface area contributed by atoms with Crippen molar-refractivity contribution in [1.29, 1.82) is 0 Å². The number of ether oxygens (including phenoxy) is 2. The molecular formula is C28H34F2N6O5. The van der Waals surface area contributed by atoms with Crippen LogP contribution in [-0.2, 0) is 14.3 Å². The summed E-state index contributed by atoms with van der Waals surface area (Å²) in [6.07, 6.45) is 1.67. The van der Waals surface area contributed by atoms with Gasteiger partial charge in [0.1, 0.15) is 5.92 Å². The van der Waals surface area contributed by atoms with Gasteiger partial charge in [-0.2, -0.15) is 4.99 Å². The Hall–Kier alpha value is -3.94. The standard InChI is InChI=1S/C28H34F2N6O5/c1-40-15-23-24(26(37)41-2)25(16-7-8-19(29)20(30)13-16)36(28(39)35-23)27(38)34-12-11-32-17-9-10-33-22(14-17)18-5-3-4-6-21(18)31/h3-8,13,17,22,24-25,32-33H,9-12,14-15,31H2,1-2H3,(H,34,38)/t17?,22?,24?,25-/m0/s1. The number of carbonyl (C=O) groups is 3. The molecule has 220 valence electrons. The lowest BCUT2D eigenvalue weighted by atomic mass is 9.86. The van der Waals surface area contributed by atoms with Gasteiger partial charge >= 0.3 is 18.0 Å². The van der Waals surface area contributed by atoms with Crippen LogP contribution in [0.25, 0.3) is 0 Å². The number of nitrogens with two attached hydrogens (primary N) is 1. The average Bonchev–Trinajstić information content (AvgIpc) is 2.96. The molecule has 2 aliphatic heterocycles. The van der Waals surface area contributed by atoms with E-state index < -0.39 is 41.6 Å². The zero-order valence-electron chi connectivity index (χ0n) is 22.9. The number of carbonyl (C=O) groups excluding carboxylic acids is 3. The Morgan fingerprint density at radius 1 is 1.15 bits per heavy atom. The van der Waals surface area contributed by atoms with Crippen LogP contribution >= 0.6 is 0 Å². The fraction of sp³-hybridized carbons (Fsp3) is 0.429. The number of rotatable bonds is 9. The molecule has 4 rings (SSSR count). The molecule has 11 nitrogen and oxygen atoms in total. The van der Waals surface area contributed by atoms with E-state index in [9.17, 15) is 23.2 Å². The van der Waals surface area contributed by atoms with Gasteiger partial charge in [-0.05, 0) is 48.7 Å². The van der Waals surface area contributed by atoms with E-state index in [-0.39, 0.29) is 36.5 Å². The molecule has 0 radical (unpaired) electrons. The van der Waals surface area contributed by atoms with Crippen molar-refractivity contribution in [2.45, 2.75) is 31.0 Å². The topological polar surface area (TPSA) is 147 Å². The third-order valence-electron chi connectivity index (χ3n) is 7.26. The molecular weight excluding hydrogens is 538 g/mol. The molecule has 4 amide bonds. The predicted molar refractivity (Wildman–Crippen MR) is 147 cm³/mol. The van der Waals surface area contributed by atoms with Crippen LogP contribution in [-0.4, -0.2) is 75.1 Å². The smallest absolute Gasteiger partial charge is 0.352 e. The minimum absolute atomic E-state index is 0.00400. The fourth-order valence-corrected chi connectivity index (χ4v) is 5.31. The number of hydrogen-bond donors (Lipinski definition) is 4. The van der Waals surface area contributed by atoms with Gasteiger partial charge in [0.25, 0.3) is 0 Å². The van der Waals surface area contributed by atoms with Gasteiger partial charge < -0.3 is 31.2 Å². The third kappa shape index (κ3) is 6.87. The van der Waals surface area contributed by atoms with Crippen LogP contribution < -0.4 is 21.7 Å². The molecule has 0 saturated carbocycles. The zero-order chi connectivity index (χ0) is 29.5. The lowest BCUT2D eigenvalue weighted by molar-refractivity contribution is -0.144. The number of nitrogens with one attached hydrogen (secondary N) is 3. The molecule has 4 atom stereocenters. The SMILES string of the molecule is COCC1=NC(=O)N(C(=O)NCCNC2CCNC(c3ccccc3N)C2)[C@@H](c2ccc(F)c(F)c2)C1C(=O)OC. The number of urea groups is 2. The van der Waals surface area contributed by atoms with Gasteiger partial charge in [0.2, 0.25) is 0 Å². The van der Waals surface area contributed by atoms with Crippen LogP contribution in [0, 0.1) is 17.6 Å². The number of hydrogen-bond acceptors (Lipinski definition) is 8. The summed E-state index contributed by atoms with van der Waals surface area (Å²) in [5.41, 5.74) is 7.92. The van der Waals surface area contributed by atoms with Gasteiger partial charge in [-0.3, -0.25) is 4.79 Å². The lowest BCUT2D eigenvalue weighted by Gasteiger charge is -2.37. The Kier molecular flexibility index (Phi) is 9.97. The summed E-state index contributed by atoms with van der Waals surface area (Å²) >= 11 is 0. The molecule has 2 aromatic rings. The molecule has 2 aliphatic rings.